The second kappa shape index (κ2) is 7.75. The molecule has 5 heteroatoms. The molecule has 1 saturated heterocycles. The molecule has 1 aromatic rings. The van der Waals surface area contributed by atoms with Crippen LogP contribution in [0.25, 0.3) is 0 Å². The van der Waals surface area contributed by atoms with Gasteiger partial charge in [-0.05, 0) is 18.4 Å². The van der Waals surface area contributed by atoms with Gasteiger partial charge >= 0.3 is 5.97 Å². The first-order valence-corrected chi connectivity index (χ1v) is 7.40. The average Bonchev–Trinajstić information content (AvgIpc) is 2.54. The molecule has 0 spiro atoms. The fourth-order valence-electron chi connectivity index (χ4n) is 2.71. The SMILES string of the molecule is C=C[C@@H]1OCCC[C@H]1C(=O)N(CC(=O)O)Cc1ccccc1. The third-order valence-corrected chi connectivity index (χ3v) is 3.77. The standard InChI is InChI=1S/C17H21NO4/c1-2-15-14(9-6-10-22-15)17(21)18(12-16(19)20)11-13-7-4-3-5-8-13/h2-5,7-8,14-15H,1,6,9-12H2,(H,19,20)/t14-,15+/m1/s1. The molecule has 0 aliphatic carbocycles. The number of hydrogen-bond donors (Lipinski definition) is 1. The van der Waals surface area contributed by atoms with Crippen LogP contribution >= 0.6 is 0 Å². The number of carboxylic acid groups (broad SMARTS) is 1. The third kappa shape index (κ3) is 4.18. The molecule has 1 amide bonds. The zero-order valence-corrected chi connectivity index (χ0v) is 12.5. The lowest BCUT2D eigenvalue weighted by Crippen LogP contribution is -2.44. The Hall–Kier alpha value is -2.14. The second-order valence-electron chi connectivity index (χ2n) is 5.39. The summed E-state index contributed by atoms with van der Waals surface area (Å²) in [5.41, 5.74) is 0.906. The third-order valence-electron chi connectivity index (χ3n) is 3.77. The van der Waals surface area contributed by atoms with Crippen molar-refractivity contribution in [3.63, 3.8) is 0 Å². The van der Waals surface area contributed by atoms with Gasteiger partial charge in [0.2, 0.25) is 5.91 Å². The average molecular weight is 303 g/mol. The monoisotopic (exact) mass is 303 g/mol. The Morgan fingerprint density at radius 2 is 2.09 bits per heavy atom. The number of nitrogens with zero attached hydrogens (tertiary/aromatic N) is 1. The highest BCUT2D eigenvalue weighted by atomic mass is 16.5. The van der Waals surface area contributed by atoms with Crippen molar-refractivity contribution < 1.29 is 19.4 Å². The maximum absolute atomic E-state index is 12.7. The number of hydrogen-bond acceptors (Lipinski definition) is 3. The van der Waals surface area contributed by atoms with E-state index in [4.69, 9.17) is 9.84 Å². The molecule has 0 radical (unpaired) electrons. The lowest BCUT2D eigenvalue weighted by atomic mass is 9.92. The van der Waals surface area contributed by atoms with Crippen molar-refractivity contribution >= 4 is 11.9 Å². The van der Waals surface area contributed by atoms with E-state index >= 15 is 0 Å². The van der Waals surface area contributed by atoms with Crippen molar-refractivity contribution in [2.24, 2.45) is 5.92 Å². The first-order chi connectivity index (χ1) is 10.6. The van der Waals surface area contributed by atoms with Gasteiger partial charge in [0.1, 0.15) is 6.54 Å². The van der Waals surface area contributed by atoms with E-state index in [1.165, 1.54) is 4.90 Å². The Morgan fingerprint density at radius 1 is 1.36 bits per heavy atom. The molecule has 1 N–H and O–H groups in total. The number of carbonyl (C=O) groups excluding carboxylic acids is 1. The largest absolute Gasteiger partial charge is 0.480 e. The summed E-state index contributed by atoms with van der Waals surface area (Å²) in [6, 6.07) is 9.38. The van der Waals surface area contributed by atoms with Crippen molar-refractivity contribution in [2.75, 3.05) is 13.2 Å². The Bertz CT molecular complexity index is 529. The van der Waals surface area contributed by atoms with E-state index < -0.39 is 5.97 Å². The molecule has 1 fully saturated rings. The minimum Gasteiger partial charge on any atom is -0.480 e. The fourth-order valence-corrected chi connectivity index (χ4v) is 2.71. The van der Waals surface area contributed by atoms with Crippen LogP contribution < -0.4 is 0 Å². The van der Waals surface area contributed by atoms with E-state index in [-0.39, 0.29) is 31.0 Å². The number of benzene rings is 1. The van der Waals surface area contributed by atoms with Crippen LogP contribution in [0, 0.1) is 5.92 Å². The molecule has 0 bridgehead atoms. The molecule has 0 unspecified atom stereocenters. The maximum Gasteiger partial charge on any atom is 0.323 e. The minimum absolute atomic E-state index is 0.184. The minimum atomic E-state index is -1.02. The molecule has 5 nitrogen and oxygen atoms in total. The molecule has 22 heavy (non-hydrogen) atoms. The quantitative estimate of drug-likeness (QED) is 0.817. The maximum atomic E-state index is 12.7. The predicted octanol–water partition coefficient (Wildman–Crippen LogP) is 2.08. The highest BCUT2D eigenvalue weighted by Crippen LogP contribution is 2.24. The number of carbonyl (C=O) groups is 2. The van der Waals surface area contributed by atoms with Crippen LogP contribution in [0.1, 0.15) is 18.4 Å². The lowest BCUT2D eigenvalue weighted by Gasteiger charge is -2.32. The molecule has 1 aromatic carbocycles. The highest BCUT2D eigenvalue weighted by Gasteiger charge is 2.33. The summed E-state index contributed by atoms with van der Waals surface area (Å²) < 4.78 is 5.55. The first-order valence-electron chi connectivity index (χ1n) is 7.40. The van der Waals surface area contributed by atoms with E-state index in [1.807, 2.05) is 30.3 Å². The highest BCUT2D eigenvalue weighted by molar-refractivity contribution is 5.83. The summed E-state index contributed by atoms with van der Waals surface area (Å²) in [5.74, 6) is -1.55. The summed E-state index contributed by atoms with van der Waals surface area (Å²) in [7, 11) is 0. The number of carboxylic acids is 1. The molecular formula is C17H21NO4. The van der Waals surface area contributed by atoms with Gasteiger partial charge in [-0.15, -0.1) is 6.58 Å². The zero-order chi connectivity index (χ0) is 15.9. The summed E-state index contributed by atoms with van der Waals surface area (Å²) >= 11 is 0. The molecular weight excluding hydrogens is 282 g/mol. The van der Waals surface area contributed by atoms with Crippen LogP contribution in [-0.2, 0) is 20.9 Å². The van der Waals surface area contributed by atoms with Gasteiger partial charge in [0.15, 0.2) is 0 Å². The Balaban J connectivity index is 2.14. The van der Waals surface area contributed by atoms with Crippen molar-refractivity contribution in [3.05, 3.63) is 48.6 Å². The zero-order valence-electron chi connectivity index (χ0n) is 12.5. The molecule has 118 valence electrons. The van der Waals surface area contributed by atoms with E-state index in [2.05, 4.69) is 6.58 Å². The predicted molar refractivity (Wildman–Crippen MR) is 82.2 cm³/mol. The van der Waals surface area contributed by atoms with Gasteiger partial charge in [-0.1, -0.05) is 36.4 Å². The smallest absolute Gasteiger partial charge is 0.323 e. The Morgan fingerprint density at radius 3 is 2.73 bits per heavy atom. The van der Waals surface area contributed by atoms with Gasteiger partial charge < -0.3 is 14.7 Å². The van der Waals surface area contributed by atoms with Gasteiger partial charge in [0.25, 0.3) is 0 Å². The van der Waals surface area contributed by atoms with Gasteiger partial charge in [-0.25, -0.2) is 0 Å². The summed E-state index contributed by atoms with van der Waals surface area (Å²) in [6.45, 7) is 4.29. The summed E-state index contributed by atoms with van der Waals surface area (Å²) in [6.07, 6.45) is 2.78. The van der Waals surface area contributed by atoms with Crippen LogP contribution in [0.4, 0.5) is 0 Å². The van der Waals surface area contributed by atoms with Crippen LogP contribution in [0.5, 0.6) is 0 Å². The van der Waals surface area contributed by atoms with Gasteiger partial charge in [-0.2, -0.15) is 0 Å². The summed E-state index contributed by atoms with van der Waals surface area (Å²) in [4.78, 5) is 25.2. The summed E-state index contributed by atoms with van der Waals surface area (Å²) in [5, 5.41) is 9.09. The van der Waals surface area contributed by atoms with E-state index in [9.17, 15) is 9.59 Å². The lowest BCUT2D eigenvalue weighted by molar-refractivity contribution is -0.150. The Kier molecular flexibility index (Phi) is 5.72. The van der Waals surface area contributed by atoms with Crippen LogP contribution in [-0.4, -0.2) is 41.1 Å². The fraction of sp³-hybridized carbons (Fsp3) is 0.412. The van der Waals surface area contributed by atoms with E-state index in [0.717, 1.165) is 12.0 Å². The number of rotatable bonds is 6. The van der Waals surface area contributed by atoms with Crippen LogP contribution in [0.3, 0.4) is 0 Å². The molecule has 1 aliphatic rings. The topological polar surface area (TPSA) is 66.8 Å². The number of amides is 1. The van der Waals surface area contributed by atoms with E-state index in [0.29, 0.717) is 13.0 Å². The molecule has 2 atom stereocenters. The van der Waals surface area contributed by atoms with Gasteiger partial charge in [-0.3, -0.25) is 9.59 Å². The second-order valence-corrected chi connectivity index (χ2v) is 5.39. The number of aliphatic carboxylic acids is 1. The molecule has 0 saturated carbocycles. The normalized spacial score (nSPS) is 21.1. The van der Waals surface area contributed by atoms with Gasteiger partial charge in [0.05, 0.1) is 12.0 Å². The van der Waals surface area contributed by atoms with Crippen molar-refractivity contribution in [3.8, 4) is 0 Å². The van der Waals surface area contributed by atoms with Crippen LogP contribution in [0.2, 0.25) is 0 Å². The van der Waals surface area contributed by atoms with E-state index in [1.54, 1.807) is 6.08 Å². The van der Waals surface area contributed by atoms with Crippen molar-refractivity contribution in [2.45, 2.75) is 25.5 Å². The molecule has 0 aromatic heterocycles. The van der Waals surface area contributed by atoms with Crippen molar-refractivity contribution in [1.82, 2.24) is 4.90 Å². The first kappa shape index (κ1) is 16.2. The van der Waals surface area contributed by atoms with Crippen molar-refractivity contribution in [1.29, 1.82) is 0 Å². The van der Waals surface area contributed by atoms with Gasteiger partial charge in [0, 0.05) is 13.2 Å². The number of ether oxygens (including phenoxy) is 1. The van der Waals surface area contributed by atoms with Crippen LogP contribution in [0.15, 0.2) is 43.0 Å². The molecule has 1 aliphatic heterocycles. The molecule has 2 rings (SSSR count). The molecule has 1 heterocycles. The Labute approximate surface area is 130 Å².